The van der Waals surface area contributed by atoms with Crippen LogP contribution >= 0.6 is 0 Å². The summed E-state index contributed by atoms with van der Waals surface area (Å²) in [5.74, 6) is 5.43. The van der Waals surface area contributed by atoms with Gasteiger partial charge in [-0.1, -0.05) is 13.8 Å². The van der Waals surface area contributed by atoms with Crippen molar-refractivity contribution in [3.05, 3.63) is 0 Å². The van der Waals surface area contributed by atoms with Gasteiger partial charge >= 0.3 is 0 Å². The molecule has 0 aliphatic carbocycles. The molecule has 0 aromatic rings. The standard InChI is InChI=1S/C17H24O4/c1-3-9-15(19)13-17(21)11-8-6-5-7-10-16(20)12-14(18)4-2/h3-4,7-13H2,1-2H3. The van der Waals surface area contributed by atoms with E-state index in [1.54, 1.807) is 6.92 Å². The van der Waals surface area contributed by atoms with Crippen molar-refractivity contribution in [3.63, 3.8) is 0 Å². The van der Waals surface area contributed by atoms with Crippen LogP contribution < -0.4 is 0 Å². The van der Waals surface area contributed by atoms with E-state index < -0.39 is 0 Å². The summed E-state index contributed by atoms with van der Waals surface area (Å²) in [6.07, 6.45) is 3.00. The van der Waals surface area contributed by atoms with E-state index in [2.05, 4.69) is 11.8 Å². The first-order valence-electron chi connectivity index (χ1n) is 7.52. The molecule has 21 heavy (non-hydrogen) atoms. The van der Waals surface area contributed by atoms with Crippen LogP contribution in [0.2, 0.25) is 0 Å². The summed E-state index contributed by atoms with van der Waals surface area (Å²) in [4.78, 5) is 45.1. The van der Waals surface area contributed by atoms with Crippen molar-refractivity contribution in [2.45, 2.75) is 71.6 Å². The van der Waals surface area contributed by atoms with Crippen LogP contribution in [0.5, 0.6) is 0 Å². The number of ketones is 4. The molecule has 0 fully saturated rings. The van der Waals surface area contributed by atoms with Gasteiger partial charge in [0.25, 0.3) is 0 Å². The predicted octanol–water partition coefficient (Wildman–Crippen LogP) is 2.82. The summed E-state index contributed by atoms with van der Waals surface area (Å²) in [6.45, 7) is 3.64. The molecule has 116 valence electrons. The summed E-state index contributed by atoms with van der Waals surface area (Å²) >= 11 is 0. The van der Waals surface area contributed by atoms with Crippen molar-refractivity contribution in [2.75, 3.05) is 0 Å². The maximum absolute atomic E-state index is 11.4. The van der Waals surface area contributed by atoms with Crippen molar-refractivity contribution >= 4 is 23.1 Å². The molecule has 0 bridgehead atoms. The molecule has 0 aliphatic rings. The lowest BCUT2D eigenvalue weighted by molar-refractivity contribution is -0.128. The number of Topliss-reactive ketones (excluding diaryl/α,β-unsaturated/α-hetero) is 4. The fraction of sp³-hybridized carbons (Fsp3) is 0.647. The third-order valence-corrected chi connectivity index (χ3v) is 2.89. The van der Waals surface area contributed by atoms with Gasteiger partial charge in [0.2, 0.25) is 0 Å². The Labute approximate surface area is 126 Å². The molecule has 4 heteroatoms. The Balaban J connectivity index is 3.75. The lowest BCUT2D eigenvalue weighted by atomic mass is 10.1. The number of hydrogen-bond acceptors (Lipinski definition) is 4. The van der Waals surface area contributed by atoms with Crippen LogP contribution in [0.15, 0.2) is 0 Å². The molecule has 0 rings (SSSR count). The molecule has 0 saturated heterocycles. The fourth-order valence-electron chi connectivity index (χ4n) is 1.69. The largest absolute Gasteiger partial charge is 0.299 e. The molecule has 0 radical (unpaired) electrons. The topological polar surface area (TPSA) is 68.3 Å². The van der Waals surface area contributed by atoms with Gasteiger partial charge in [-0.15, -0.1) is 11.8 Å². The Kier molecular flexibility index (Phi) is 11.0. The minimum Gasteiger partial charge on any atom is -0.299 e. The highest BCUT2D eigenvalue weighted by Crippen LogP contribution is 2.01. The molecule has 0 unspecified atom stereocenters. The molecule has 0 heterocycles. The Hall–Kier alpha value is -1.76. The number of carbonyl (C=O) groups is 4. The zero-order chi connectivity index (χ0) is 16.1. The second-order valence-electron chi connectivity index (χ2n) is 4.97. The maximum atomic E-state index is 11.4. The Bertz CT molecular complexity index is 437. The van der Waals surface area contributed by atoms with Gasteiger partial charge in [-0.2, -0.15) is 0 Å². The van der Waals surface area contributed by atoms with Gasteiger partial charge in [0, 0.05) is 38.5 Å². The summed E-state index contributed by atoms with van der Waals surface area (Å²) in [6, 6.07) is 0. The summed E-state index contributed by atoms with van der Waals surface area (Å²) < 4.78 is 0. The monoisotopic (exact) mass is 292 g/mol. The number of carbonyl (C=O) groups excluding carboxylic acids is 4. The van der Waals surface area contributed by atoms with Gasteiger partial charge < -0.3 is 0 Å². The minimum absolute atomic E-state index is 0.00376. The van der Waals surface area contributed by atoms with E-state index >= 15 is 0 Å². The zero-order valence-electron chi connectivity index (χ0n) is 13.0. The van der Waals surface area contributed by atoms with Crippen LogP contribution in [0.1, 0.15) is 71.6 Å². The van der Waals surface area contributed by atoms with Gasteiger partial charge in [0.15, 0.2) is 0 Å². The molecule has 0 atom stereocenters. The predicted molar refractivity (Wildman–Crippen MR) is 80.7 cm³/mol. The molecule has 0 N–H and O–H groups in total. The fourth-order valence-corrected chi connectivity index (χ4v) is 1.69. The molecule has 0 aromatic heterocycles. The molecule has 0 saturated carbocycles. The molecular weight excluding hydrogens is 268 g/mol. The summed E-state index contributed by atoms with van der Waals surface area (Å²) in [5, 5.41) is 0. The smallest absolute Gasteiger partial charge is 0.141 e. The van der Waals surface area contributed by atoms with Crippen LogP contribution in [0, 0.1) is 11.8 Å². The van der Waals surface area contributed by atoms with Gasteiger partial charge in [0.05, 0.1) is 12.8 Å². The third kappa shape index (κ3) is 11.7. The van der Waals surface area contributed by atoms with Crippen LogP contribution in [0.25, 0.3) is 0 Å². The van der Waals surface area contributed by atoms with E-state index in [0.717, 1.165) is 6.42 Å². The molecule has 4 nitrogen and oxygen atoms in total. The maximum Gasteiger partial charge on any atom is 0.141 e. The minimum atomic E-state index is -0.0858. The molecule has 0 spiro atoms. The average Bonchev–Trinajstić information content (AvgIpc) is 2.42. The zero-order valence-corrected chi connectivity index (χ0v) is 13.0. The van der Waals surface area contributed by atoms with E-state index in [9.17, 15) is 19.2 Å². The second kappa shape index (κ2) is 12.0. The number of hydrogen-bond donors (Lipinski definition) is 0. The van der Waals surface area contributed by atoms with Crippen molar-refractivity contribution in [3.8, 4) is 11.8 Å². The quantitative estimate of drug-likeness (QED) is 0.434. The van der Waals surface area contributed by atoms with Crippen molar-refractivity contribution in [2.24, 2.45) is 0 Å². The number of rotatable bonds is 11. The second-order valence-corrected chi connectivity index (χ2v) is 4.97. The van der Waals surface area contributed by atoms with Crippen molar-refractivity contribution < 1.29 is 19.2 Å². The molecular formula is C17H24O4. The first kappa shape index (κ1) is 19.2. The van der Waals surface area contributed by atoms with Crippen LogP contribution in [0.4, 0.5) is 0 Å². The normalized spacial score (nSPS) is 9.62. The highest BCUT2D eigenvalue weighted by atomic mass is 16.2. The van der Waals surface area contributed by atoms with Gasteiger partial charge in [-0.05, 0) is 6.42 Å². The van der Waals surface area contributed by atoms with Crippen molar-refractivity contribution in [1.29, 1.82) is 0 Å². The van der Waals surface area contributed by atoms with Crippen LogP contribution in [0.3, 0.4) is 0 Å². The molecule has 0 amide bonds. The molecule has 0 aromatic carbocycles. The van der Waals surface area contributed by atoms with Gasteiger partial charge in [-0.3, -0.25) is 19.2 Å². The Morgan fingerprint density at radius 2 is 1.10 bits per heavy atom. The Morgan fingerprint density at radius 3 is 1.52 bits per heavy atom. The van der Waals surface area contributed by atoms with Gasteiger partial charge in [-0.25, -0.2) is 0 Å². The van der Waals surface area contributed by atoms with Crippen LogP contribution in [-0.4, -0.2) is 23.1 Å². The first-order chi connectivity index (χ1) is 9.99. The summed E-state index contributed by atoms with van der Waals surface area (Å²) in [5.41, 5.74) is 0. The third-order valence-electron chi connectivity index (χ3n) is 2.89. The van der Waals surface area contributed by atoms with E-state index in [4.69, 9.17) is 0 Å². The average molecular weight is 292 g/mol. The molecule has 0 aliphatic heterocycles. The highest BCUT2D eigenvalue weighted by Gasteiger charge is 2.08. The Morgan fingerprint density at radius 1 is 0.667 bits per heavy atom. The van der Waals surface area contributed by atoms with E-state index in [0.29, 0.717) is 25.7 Å². The van der Waals surface area contributed by atoms with Gasteiger partial charge in [0.1, 0.15) is 23.1 Å². The van der Waals surface area contributed by atoms with E-state index in [1.807, 2.05) is 6.92 Å². The lowest BCUT2D eigenvalue weighted by Crippen LogP contribution is -2.06. The van der Waals surface area contributed by atoms with E-state index in [1.165, 1.54) is 0 Å². The summed E-state index contributed by atoms with van der Waals surface area (Å²) in [7, 11) is 0. The SMILES string of the molecule is CCCC(=O)CC(=O)CCC#CCCC(=O)CC(=O)CC. The lowest BCUT2D eigenvalue weighted by Gasteiger charge is -1.96. The van der Waals surface area contributed by atoms with Crippen LogP contribution in [-0.2, 0) is 19.2 Å². The van der Waals surface area contributed by atoms with E-state index in [-0.39, 0.29) is 48.8 Å². The highest BCUT2D eigenvalue weighted by molar-refractivity contribution is 5.99. The van der Waals surface area contributed by atoms with Crippen molar-refractivity contribution in [1.82, 2.24) is 0 Å². The first-order valence-corrected chi connectivity index (χ1v) is 7.52.